The van der Waals surface area contributed by atoms with Crippen LogP contribution in [0.3, 0.4) is 0 Å². The SMILES string of the molecule is CCC(CC(=O)NCC(=O)Nc1cn[nH]c1)c1ccccc1. The first-order valence-electron chi connectivity index (χ1n) is 7.29. The van der Waals surface area contributed by atoms with Gasteiger partial charge < -0.3 is 10.6 Å². The van der Waals surface area contributed by atoms with Crippen LogP contribution >= 0.6 is 0 Å². The Labute approximate surface area is 129 Å². The Bertz CT molecular complexity index is 596. The first-order valence-corrected chi connectivity index (χ1v) is 7.29. The molecule has 116 valence electrons. The van der Waals surface area contributed by atoms with Crippen LogP contribution in [0.2, 0.25) is 0 Å². The van der Waals surface area contributed by atoms with Crippen molar-refractivity contribution in [2.45, 2.75) is 25.7 Å². The van der Waals surface area contributed by atoms with E-state index in [9.17, 15) is 9.59 Å². The lowest BCUT2D eigenvalue weighted by Crippen LogP contribution is -2.33. The van der Waals surface area contributed by atoms with Crippen molar-refractivity contribution in [2.24, 2.45) is 0 Å². The molecule has 0 spiro atoms. The molecule has 1 aromatic heterocycles. The van der Waals surface area contributed by atoms with E-state index >= 15 is 0 Å². The number of aromatic nitrogens is 2. The van der Waals surface area contributed by atoms with Crippen LogP contribution in [0.5, 0.6) is 0 Å². The van der Waals surface area contributed by atoms with Crippen LogP contribution in [-0.4, -0.2) is 28.6 Å². The monoisotopic (exact) mass is 300 g/mol. The van der Waals surface area contributed by atoms with Crippen LogP contribution in [0.1, 0.15) is 31.2 Å². The zero-order valence-corrected chi connectivity index (χ0v) is 12.5. The summed E-state index contributed by atoms with van der Waals surface area (Å²) in [4.78, 5) is 23.7. The molecule has 0 saturated carbocycles. The summed E-state index contributed by atoms with van der Waals surface area (Å²) in [7, 11) is 0. The second-order valence-electron chi connectivity index (χ2n) is 5.03. The Morgan fingerprint density at radius 1 is 1.23 bits per heavy atom. The van der Waals surface area contributed by atoms with E-state index < -0.39 is 0 Å². The van der Waals surface area contributed by atoms with Gasteiger partial charge in [0.2, 0.25) is 11.8 Å². The maximum atomic E-state index is 12.0. The Morgan fingerprint density at radius 3 is 2.64 bits per heavy atom. The van der Waals surface area contributed by atoms with Gasteiger partial charge in [0.25, 0.3) is 0 Å². The lowest BCUT2D eigenvalue weighted by atomic mass is 9.93. The van der Waals surface area contributed by atoms with Crippen molar-refractivity contribution in [3.05, 3.63) is 48.3 Å². The van der Waals surface area contributed by atoms with E-state index in [-0.39, 0.29) is 24.3 Å². The van der Waals surface area contributed by atoms with E-state index in [1.54, 1.807) is 6.20 Å². The molecule has 2 rings (SSSR count). The van der Waals surface area contributed by atoms with Gasteiger partial charge in [0, 0.05) is 12.6 Å². The third-order valence-corrected chi connectivity index (χ3v) is 3.42. The molecule has 2 aromatic rings. The molecule has 0 bridgehead atoms. The minimum atomic E-state index is -0.275. The van der Waals surface area contributed by atoms with Crippen LogP contribution in [0, 0.1) is 0 Å². The maximum Gasteiger partial charge on any atom is 0.243 e. The minimum absolute atomic E-state index is 0.0464. The molecule has 1 aromatic carbocycles. The fraction of sp³-hybridized carbons (Fsp3) is 0.312. The van der Waals surface area contributed by atoms with Gasteiger partial charge in [-0.15, -0.1) is 0 Å². The summed E-state index contributed by atoms with van der Waals surface area (Å²) in [6, 6.07) is 9.93. The third kappa shape index (κ3) is 4.73. The largest absolute Gasteiger partial charge is 0.347 e. The van der Waals surface area contributed by atoms with Gasteiger partial charge in [-0.1, -0.05) is 37.3 Å². The zero-order valence-electron chi connectivity index (χ0n) is 12.5. The van der Waals surface area contributed by atoms with Gasteiger partial charge in [-0.2, -0.15) is 5.10 Å². The molecule has 0 radical (unpaired) electrons. The number of H-pyrrole nitrogens is 1. The van der Waals surface area contributed by atoms with Crippen molar-refractivity contribution < 1.29 is 9.59 Å². The average molecular weight is 300 g/mol. The van der Waals surface area contributed by atoms with E-state index in [1.165, 1.54) is 6.20 Å². The number of rotatable bonds is 7. The number of hydrogen-bond acceptors (Lipinski definition) is 3. The average Bonchev–Trinajstić information content (AvgIpc) is 3.04. The number of carbonyl (C=O) groups excluding carboxylic acids is 2. The molecule has 3 N–H and O–H groups in total. The van der Waals surface area contributed by atoms with E-state index in [0.29, 0.717) is 12.1 Å². The number of benzene rings is 1. The number of aromatic amines is 1. The molecule has 0 aliphatic heterocycles. The topological polar surface area (TPSA) is 86.9 Å². The quantitative estimate of drug-likeness (QED) is 0.731. The van der Waals surface area contributed by atoms with E-state index in [2.05, 4.69) is 27.8 Å². The maximum absolute atomic E-state index is 12.0. The minimum Gasteiger partial charge on any atom is -0.347 e. The zero-order chi connectivity index (χ0) is 15.8. The lowest BCUT2D eigenvalue weighted by molar-refractivity contribution is -0.124. The highest BCUT2D eigenvalue weighted by Gasteiger charge is 2.14. The summed E-state index contributed by atoms with van der Waals surface area (Å²) >= 11 is 0. The van der Waals surface area contributed by atoms with Crippen molar-refractivity contribution in [1.82, 2.24) is 15.5 Å². The van der Waals surface area contributed by atoms with Crippen molar-refractivity contribution in [3.8, 4) is 0 Å². The van der Waals surface area contributed by atoms with Crippen molar-refractivity contribution >= 4 is 17.5 Å². The summed E-state index contributed by atoms with van der Waals surface area (Å²) in [5.74, 6) is -0.237. The molecular formula is C16H20N4O2. The molecular weight excluding hydrogens is 280 g/mol. The highest BCUT2D eigenvalue weighted by molar-refractivity contribution is 5.94. The number of hydrogen-bond donors (Lipinski definition) is 3. The Balaban J connectivity index is 1.78. The Morgan fingerprint density at radius 2 is 2.00 bits per heavy atom. The lowest BCUT2D eigenvalue weighted by Gasteiger charge is -2.15. The number of anilines is 1. The second kappa shape index (κ2) is 7.97. The Hall–Kier alpha value is -2.63. The molecule has 22 heavy (non-hydrogen) atoms. The molecule has 1 unspecified atom stereocenters. The van der Waals surface area contributed by atoms with Crippen molar-refractivity contribution in [2.75, 3.05) is 11.9 Å². The highest BCUT2D eigenvalue weighted by Crippen LogP contribution is 2.22. The Kier molecular flexibility index (Phi) is 5.71. The molecule has 1 atom stereocenters. The van der Waals surface area contributed by atoms with Gasteiger partial charge in [-0.05, 0) is 17.9 Å². The van der Waals surface area contributed by atoms with Gasteiger partial charge in [0.15, 0.2) is 0 Å². The van der Waals surface area contributed by atoms with Crippen LogP contribution in [-0.2, 0) is 9.59 Å². The second-order valence-corrected chi connectivity index (χ2v) is 5.03. The summed E-state index contributed by atoms with van der Waals surface area (Å²) in [5, 5.41) is 11.6. The van der Waals surface area contributed by atoms with Gasteiger partial charge in [0.1, 0.15) is 0 Å². The van der Waals surface area contributed by atoms with Crippen LogP contribution < -0.4 is 10.6 Å². The molecule has 0 fully saturated rings. The fourth-order valence-corrected chi connectivity index (χ4v) is 2.22. The first kappa shape index (κ1) is 15.8. The van der Waals surface area contributed by atoms with Crippen LogP contribution in [0.25, 0.3) is 0 Å². The molecule has 0 aliphatic rings. The van der Waals surface area contributed by atoms with Crippen LogP contribution in [0.4, 0.5) is 5.69 Å². The van der Waals surface area contributed by atoms with Crippen molar-refractivity contribution in [1.29, 1.82) is 0 Å². The fourth-order valence-electron chi connectivity index (χ4n) is 2.22. The third-order valence-electron chi connectivity index (χ3n) is 3.42. The number of nitrogens with zero attached hydrogens (tertiary/aromatic N) is 1. The summed E-state index contributed by atoms with van der Waals surface area (Å²) < 4.78 is 0. The van der Waals surface area contributed by atoms with E-state index in [4.69, 9.17) is 0 Å². The molecule has 6 heteroatoms. The first-order chi connectivity index (χ1) is 10.7. The summed E-state index contributed by atoms with van der Waals surface area (Å²) in [6.45, 7) is 2.01. The van der Waals surface area contributed by atoms with Crippen molar-refractivity contribution in [3.63, 3.8) is 0 Å². The standard InChI is InChI=1S/C16H20N4O2/c1-2-12(13-6-4-3-5-7-13)8-15(21)17-11-16(22)20-14-9-18-19-10-14/h3-7,9-10,12H,2,8,11H2,1H3,(H,17,21)(H,18,19)(H,20,22). The predicted molar refractivity (Wildman–Crippen MR) is 84.3 cm³/mol. The molecule has 0 aliphatic carbocycles. The molecule has 2 amide bonds. The summed E-state index contributed by atoms with van der Waals surface area (Å²) in [5.41, 5.74) is 1.72. The van der Waals surface area contributed by atoms with Gasteiger partial charge in [-0.3, -0.25) is 14.7 Å². The highest BCUT2D eigenvalue weighted by atomic mass is 16.2. The van der Waals surface area contributed by atoms with Gasteiger partial charge in [-0.25, -0.2) is 0 Å². The summed E-state index contributed by atoms with van der Waals surface area (Å²) in [6.07, 6.45) is 4.32. The van der Waals surface area contributed by atoms with Crippen LogP contribution in [0.15, 0.2) is 42.7 Å². The normalized spacial score (nSPS) is 11.7. The number of carbonyl (C=O) groups is 2. The molecule has 1 heterocycles. The van der Waals surface area contributed by atoms with E-state index in [0.717, 1.165) is 12.0 Å². The predicted octanol–water partition coefficient (Wildman–Crippen LogP) is 2.05. The van der Waals surface area contributed by atoms with E-state index in [1.807, 2.05) is 30.3 Å². The van der Waals surface area contributed by atoms with Gasteiger partial charge >= 0.3 is 0 Å². The molecule has 6 nitrogen and oxygen atoms in total. The molecule has 0 saturated heterocycles. The number of nitrogens with one attached hydrogen (secondary N) is 3. The smallest absolute Gasteiger partial charge is 0.243 e. The van der Waals surface area contributed by atoms with Gasteiger partial charge in [0.05, 0.1) is 18.4 Å². The number of amides is 2.